The first-order valence-corrected chi connectivity index (χ1v) is 9.47. The molecular weight excluding hydrogens is 344 g/mol. The van der Waals surface area contributed by atoms with Crippen LogP contribution in [0.15, 0.2) is 40.9 Å². The van der Waals surface area contributed by atoms with E-state index in [0.717, 1.165) is 44.5 Å². The third kappa shape index (κ3) is 5.40. The van der Waals surface area contributed by atoms with Gasteiger partial charge < -0.3 is 20.1 Å². The molecule has 27 heavy (non-hydrogen) atoms. The minimum atomic E-state index is -0.422. The van der Waals surface area contributed by atoms with Crippen LogP contribution < -0.4 is 10.6 Å². The molecule has 0 bridgehead atoms. The Morgan fingerprint density at radius 1 is 1.22 bits per heavy atom. The van der Waals surface area contributed by atoms with E-state index in [0.29, 0.717) is 5.76 Å². The highest BCUT2D eigenvalue weighted by Crippen LogP contribution is 2.19. The van der Waals surface area contributed by atoms with E-state index in [1.165, 1.54) is 0 Å². The molecule has 2 amide bonds. The molecule has 2 aromatic rings. The van der Waals surface area contributed by atoms with Gasteiger partial charge in [-0.05, 0) is 25.8 Å². The van der Waals surface area contributed by atoms with Crippen LogP contribution in [0.25, 0.3) is 11.3 Å². The van der Waals surface area contributed by atoms with Gasteiger partial charge in [0, 0.05) is 30.8 Å². The molecule has 1 aromatic heterocycles. The van der Waals surface area contributed by atoms with Gasteiger partial charge in [-0.1, -0.05) is 42.4 Å². The summed E-state index contributed by atoms with van der Waals surface area (Å²) in [5, 5.41) is 9.38. The fourth-order valence-electron chi connectivity index (χ4n) is 3.27. The van der Waals surface area contributed by atoms with E-state index in [4.69, 9.17) is 4.52 Å². The van der Waals surface area contributed by atoms with Gasteiger partial charge in [-0.15, -0.1) is 0 Å². The van der Waals surface area contributed by atoms with Crippen molar-refractivity contribution in [1.29, 1.82) is 0 Å². The van der Waals surface area contributed by atoms with Crippen molar-refractivity contribution in [3.05, 3.63) is 42.1 Å². The molecule has 1 aliphatic heterocycles. The molecule has 144 valence electrons. The number of nitrogens with zero attached hydrogens (tertiary/aromatic N) is 2. The number of piperidine rings is 1. The van der Waals surface area contributed by atoms with Gasteiger partial charge in [-0.3, -0.25) is 9.59 Å². The summed E-state index contributed by atoms with van der Waals surface area (Å²) in [5.41, 5.74) is 1.01. The molecule has 0 radical (unpaired) electrons. The molecule has 0 atom stereocenters. The second-order valence-corrected chi connectivity index (χ2v) is 6.81. The predicted octanol–water partition coefficient (Wildman–Crippen LogP) is 2.06. The number of hydrogen-bond donors (Lipinski definition) is 2. The Morgan fingerprint density at radius 3 is 2.67 bits per heavy atom. The Labute approximate surface area is 159 Å². The number of carbonyl (C=O) groups is 2. The van der Waals surface area contributed by atoms with E-state index in [2.05, 4.69) is 27.6 Å². The second kappa shape index (κ2) is 9.32. The van der Waals surface area contributed by atoms with E-state index in [-0.39, 0.29) is 24.2 Å². The van der Waals surface area contributed by atoms with E-state index in [9.17, 15) is 9.59 Å². The van der Waals surface area contributed by atoms with Gasteiger partial charge in [0.05, 0.1) is 6.54 Å². The van der Waals surface area contributed by atoms with Gasteiger partial charge in [0.2, 0.25) is 5.91 Å². The fraction of sp³-hybridized carbons (Fsp3) is 0.450. The summed E-state index contributed by atoms with van der Waals surface area (Å²) in [4.78, 5) is 26.7. The first-order valence-electron chi connectivity index (χ1n) is 9.47. The van der Waals surface area contributed by atoms with Gasteiger partial charge in [-0.2, -0.15) is 0 Å². The zero-order chi connectivity index (χ0) is 19.1. The van der Waals surface area contributed by atoms with Crippen LogP contribution in [0, 0.1) is 0 Å². The summed E-state index contributed by atoms with van der Waals surface area (Å²) < 4.78 is 5.21. The third-order valence-corrected chi connectivity index (χ3v) is 4.70. The number of amides is 2. The second-order valence-electron chi connectivity index (χ2n) is 6.81. The molecule has 1 aliphatic rings. The first kappa shape index (κ1) is 19.1. The van der Waals surface area contributed by atoms with Crippen LogP contribution in [-0.2, 0) is 4.79 Å². The highest BCUT2D eigenvalue weighted by Gasteiger charge is 2.20. The Bertz CT molecular complexity index is 752. The molecule has 3 rings (SSSR count). The summed E-state index contributed by atoms with van der Waals surface area (Å²) in [5.74, 6) is -0.0815. The van der Waals surface area contributed by atoms with Crippen molar-refractivity contribution >= 4 is 11.8 Å². The normalized spacial score (nSPS) is 15.4. The van der Waals surface area contributed by atoms with Crippen LogP contribution in [0.4, 0.5) is 0 Å². The topological polar surface area (TPSA) is 87.5 Å². The Morgan fingerprint density at radius 2 is 1.96 bits per heavy atom. The Hall–Kier alpha value is -2.67. The average molecular weight is 370 g/mol. The van der Waals surface area contributed by atoms with Crippen molar-refractivity contribution in [2.45, 2.75) is 32.2 Å². The number of benzene rings is 1. The quantitative estimate of drug-likeness (QED) is 0.779. The van der Waals surface area contributed by atoms with Crippen LogP contribution in [0.3, 0.4) is 0 Å². The number of likely N-dealkylation sites (tertiary alicyclic amines) is 1. The van der Waals surface area contributed by atoms with Crippen molar-refractivity contribution in [2.75, 3.05) is 26.2 Å². The lowest BCUT2D eigenvalue weighted by Crippen LogP contribution is -2.47. The number of rotatable bonds is 7. The maximum Gasteiger partial charge on any atom is 0.273 e. The number of aromatic nitrogens is 1. The van der Waals surface area contributed by atoms with Gasteiger partial charge in [0.1, 0.15) is 0 Å². The number of nitrogens with one attached hydrogen (secondary N) is 2. The lowest BCUT2D eigenvalue weighted by molar-refractivity contribution is -0.121. The van der Waals surface area contributed by atoms with Crippen molar-refractivity contribution < 1.29 is 14.1 Å². The van der Waals surface area contributed by atoms with Gasteiger partial charge in [-0.25, -0.2) is 0 Å². The van der Waals surface area contributed by atoms with E-state index >= 15 is 0 Å². The maximum atomic E-state index is 12.2. The molecule has 2 N–H and O–H groups in total. The minimum Gasteiger partial charge on any atom is -0.355 e. The van der Waals surface area contributed by atoms with Crippen molar-refractivity contribution in [1.82, 2.24) is 20.7 Å². The first-order chi connectivity index (χ1) is 13.2. The van der Waals surface area contributed by atoms with Crippen LogP contribution in [-0.4, -0.2) is 54.1 Å². The molecule has 0 aliphatic carbocycles. The molecule has 0 unspecified atom stereocenters. The summed E-state index contributed by atoms with van der Waals surface area (Å²) >= 11 is 0. The maximum absolute atomic E-state index is 12.2. The summed E-state index contributed by atoms with van der Waals surface area (Å²) in [7, 11) is 0. The van der Waals surface area contributed by atoms with Crippen LogP contribution in [0.5, 0.6) is 0 Å². The number of carbonyl (C=O) groups excluding carboxylic acids is 2. The monoisotopic (exact) mass is 370 g/mol. The zero-order valence-corrected chi connectivity index (χ0v) is 15.6. The molecule has 0 spiro atoms. The van der Waals surface area contributed by atoms with Gasteiger partial charge >= 0.3 is 0 Å². The van der Waals surface area contributed by atoms with Gasteiger partial charge in [0.15, 0.2) is 11.5 Å². The molecule has 1 aromatic carbocycles. The van der Waals surface area contributed by atoms with Crippen molar-refractivity contribution in [3.63, 3.8) is 0 Å². The minimum absolute atomic E-state index is 0.0679. The predicted molar refractivity (Wildman–Crippen MR) is 102 cm³/mol. The number of hydrogen-bond acceptors (Lipinski definition) is 5. The Kier molecular flexibility index (Phi) is 6.59. The SMILES string of the molecule is CCCN1CCC(NC(=O)CNC(=O)c2cc(-c3ccccc3)on2)CC1. The van der Waals surface area contributed by atoms with Crippen LogP contribution >= 0.6 is 0 Å². The molecule has 1 saturated heterocycles. The van der Waals surface area contributed by atoms with Crippen LogP contribution in [0.2, 0.25) is 0 Å². The third-order valence-electron chi connectivity index (χ3n) is 4.70. The molecule has 7 nitrogen and oxygen atoms in total. The highest BCUT2D eigenvalue weighted by atomic mass is 16.5. The van der Waals surface area contributed by atoms with Crippen LogP contribution in [0.1, 0.15) is 36.7 Å². The standard InChI is InChI=1S/C20H26N4O3/c1-2-10-24-11-8-16(9-12-24)22-19(25)14-21-20(26)17-13-18(27-23-17)15-6-4-3-5-7-15/h3-7,13,16H,2,8-12,14H2,1H3,(H,21,26)(H,22,25). The average Bonchev–Trinajstić information content (AvgIpc) is 3.19. The summed E-state index contributed by atoms with van der Waals surface area (Å²) in [6.45, 7) is 5.23. The summed E-state index contributed by atoms with van der Waals surface area (Å²) in [6.07, 6.45) is 3.05. The summed E-state index contributed by atoms with van der Waals surface area (Å²) in [6, 6.07) is 11.2. The zero-order valence-electron chi connectivity index (χ0n) is 15.6. The smallest absolute Gasteiger partial charge is 0.273 e. The molecule has 2 heterocycles. The molecular formula is C20H26N4O3. The molecule has 0 saturated carbocycles. The molecule has 7 heteroatoms. The van der Waals surface area contributed by atoms with Gasteiger partial charge in [0.25, 0.3) is 5.91 Å². The molecule has 1 fully saturated rings. The van der Waals surface area contributed by atoms with Crippen molar-refractivity contribution in [3.8, 4) is 11.3 Å². The van der Waals surface area contributed by atoms with E-state index in [1.807, 2.05) is 30.3 Å². The lowest BCUT2D eigenvalue weighted by atomic mass is 10.0. The Balaban J connectivity index is 1.43. The van der Waals surface area contributed by atoms with E-state index in [1.54, 1.807) is 6.07 Å². The fourth-order valence-corrected chi connectivity index (χ4v) is 3.27. The van der Waals surface area contributed by atoms with E-state index < -0.39 is 5.91 Å². The highest BCUT2D eigenvalue weighted by molar-refractivity contribution is 5.95. The largest absolute Gasteiger partial charge is 0.355 e. The van der Waals surface area contributed by atoms with Crippen molar-refractivity contribution in [2.24, 2.45) is 0 Å². The lowest BCUT2D eigenvalue weighted by Gasteiger charge is -2.32.